The van der Waals surface area contributed by atoms with E-state index in [4.69, 9.17) is 9.84 Å². The maximum atomic E-state index is 13.6. The highest BCUT2D eigenvalue weighted by Gasteiger charge is 2.12. The molecular weight excluding hydrogens is 280 g/mol. The van der Waals surface area contributed by atoms with Crippen LogP contribution in [0.5, 0.6) is 0 Å². The lowest BCUT2D eigenvalue weighted by Crippen LogP contribution is -2.15. The highest BCUT2D eigenvalue weighted by Crippen LogP contribution is 2.19. The van der Waals surface area contributed by atoms with Crippen LogP contribution in [0, 0.1) is 11.6 Å². The summed E-state index contributed by atoms with van der Waals surface area (Å²) in [5.41, 5.74) is 0.244. The third kappa shape index (κ3) is 4.00. The number of ether oxygens (including phenoxy) is 1. The van der Waals surface area contributed by atoms with Gasteiger partial charge in [0.25, 0.3) is 0 Å². The van der Waals surface area contributed by atoms with Gasteiger partial charge in [-0.25, -0.2) is 13.6 Å². The highest BCUT2D eigenvalue weighted by molar-refractivity contribution is 5.84. The van der Waals surface area contributed by atoms with Crippen molar-refractivity contribution in [1.82, 2.24) is 0 Å². The Morgan fingerprint density at radius 2 is 1.86 bits per heavy atom. The fourth-order valence-corrected chi connectivity index (χ4v) is 1.67. The zero-order valence-electron chi connectivity index (χ0n) is 11.0. The highest BCUT2D eigenvalue weighted by atomic mass is 19.1. The largest absolute Gasteiger partial charge is 0.444 e. The molecule has 1 amide bonds. The first-order chi connectivity index (χ1) is 10.1. The Morgan fingerprint density at radius 3 is 2.52 bits per heavy atom. The molecule has 0 aliphatic carbocycles. The van der Waals surface area contributed by atoms with E-state index < -0.39 is 24.3 Å². The number of aliphatic hydroxyl groups excluding tert-OH is 1. The summed E-state index contributed by atoms with van der Waals surface area (Å²) in [5.74, 6) is -1.66. The SMILES string of the molecule is O=C(Nc1cc(F)c(CO)cc1F)OCc1ccccc1. The van der Waals surface area contributed by atoms with Gasteiger partial charge in [0.2, 0.25) is 0 Å². The van der Waals surface area contributed by atoms with Gasteiger partial charge in [-0.05, 0) is 11.6 Å². The van der Waals surface area contributed by atoms with Gasteiger partial charge in [0.1, 0.15) is 18.2 Å². The molecule has 21 heavy (non-hydrogen) atoms. The van der Waals surface area contributed by atoms with E-state index in [0.29, 0.717) is 0 Å². The number of rotatable bonds is 4. The molecule has 0 fully saturated rings. The van der Waals surface area contributed by atoms with Gasteiger partial charge in [-0.1, -0.05) is 30.3 Å². The zero-order valence-corrected chi connectivity index (χ0v) is 11.0. The third-order valence-electron chi connectivity index (χ3n) is 2.76. The molecule has 0 aliphatic heterocycles. The van der Waals surface area contributed by atoms with E-state index in [1.165, 1.54) is 0 Å². The third-order valence-corrected chi connectivity index (χ3v) is 2.76. The topological polar surface area (TPSA) is 58.6 Å². The first-order valence-corrected chi connectivity index (χ1v) is 6.16. The van der Waals surface area contributed by atoms with Crippen molar-refractivity contribution in [3.05, 3.63) is 65.2 Å². The van der Waals surface area contributed by atoms with Crippen molar-refractivity contribution in [2.75, 3.05) is 5.32 Å². The van der Waals surface area contributed by atoms with E-state index in [9.17, 15) is 13.6 Å². The minimum Gasteiger partial charge on any atom is -0.444 e. The van der Waals surface area contributed by atoms with Crippen molar-refractivity contribution in [3.63, 3.8) is 0 Å². The number of hydrogen-bond acceptors (Lipinski definition) is 3. The average molecular weight is 293 g/mol. The van der Waals surface area contributed by atoms with Crippen molar-refractivity contribution in [1.29, 1.82) is 0 Å². The van der Waals surface area contributed by atoms with Crippen molar-refractivity contribution in [2.45, 2.75) is 13.2 Å². The van der Waals surface area contributed by atoms with Gasteiger partial charge in [0.15, 0.2) is 0 Å². The molecule has 2 aromatic rings. The fraction of sp³-hybridized carbons (Fsp3) is 0.133. The van der Waals surface area contributed by atoms with E-state index >= 15 is 0 Å². The van der Waals surface area contributed by atoms with Gasteiger partial charge in [-0.2, -0.15) is 0 Å². The average Bonchev–Trinajstić information content (AvgIpc) is 2.49. The van der Waals surface area contributed by atoms with Crippen LogP contribution in [-0.4, -0.2) is 11.2 Å². The van der Waals surface area contributed by atoms with E-state index in [2.05, 4.69) is 5.32 Å². The standard InChI is InChI=1S/C15H13F2NO3/c16-12-7-14(13(17)6-11(12)8-19)18-15(20)21-9-10-4-2-1-3-5-10/h1-7,19H,8-9H2,(H,18,20). The fourth-order valence-electron chi connectivity index (χ4n) is 1.67. The monoisotopic (exact) mass is 293 g/mol. The molecular formula is C15H13F2NO3. The van der Waals surface area contributed by atoms with Crippen LogP contribution in [0.15, 0.2) is 42.5 Å². The maximum Gasteiger partial charge on any atom is 0.412 e. The molecule has 0 saturated heterocycles. The molecule has 2 rings (SSSR count). The minimum atomic E-state index is -0.895. The lowest BCUT2D eigenvalue weighted by atomic mass is 10.2. The zero-order chi connectivity index (χ0) is 15.2. The second-order valence-corrected chi connectivity index (χ2v) is 4.27. The lowest BCUT2D eigenvalue weighted by molar-refractivity contribution is 0.155. The number of amides is 1. The van der Waals surface area contributed by atoms with E-state index in [1.54, 1.807) is 24.3 Å². The van der Waals surface area contributed by atoms with Crippen LogP contribution in [0.1, 0.15) is 11.1 Å². The van der Waals surface area contributed by atoms with Crippen LogP contribution in [0.25, 0.3) is 0 Å². The molecule has 2 N–H and O–H groups in total. The quantitative estimate of drug-likeness (QED) is 0.910. The van der Waals surface area contributed by atoms with E-state index in [0.717, 1.165) is 17.7 Å². The Morgan fingerprint density at radius 1 is 1.14 bits per heavy atom. The number of aliphatic hydroxyl groups is 1. The van der Waals surface area contributed by atoms with Gasteiger partial charge in [-0.3, -0.25) is 5.32 Å². The summed E-state index contributed by atoms with van der Waals surface area (Å²) in [7, 11) is 0. The molecule has 0 bridgehead atoms. The molecule has 0 saturated carbocycles. The summed E-state index contributed by atoms with van der Waals surface area (Å²) in [5, 5.41) is 10.9. The Kier molecular flexibility index (Phi) is 4.84. The first-order valence-electron chi connectivity index (χ1n) is 6.16. The van der Waals surface area contributed by atoms with Gasteiger partial charge >= 0.3 is 6.09 Å². The number of benzene rings is 2. The van der Waals surface area contributed by atoms with Gasteiger partial charge < -0.3 is 9.84 Å². The number of hydrogen-bond donors (Lipinski definition) is 2. The van der Waals surface area contributed by atoms with Crippen molar-refractivity contribution < 1.29 is 23.4 Å². The van der Waals surface area contributed by atoms with Crippen LogP contribution in [-0.2, 0) is 18.0 Å². The predicted octanol–water partition coefficient (Wildman–Crippen LogP) is 3.21. The van der Waals surface area contributed by atoms with Crippen molar-refractivity contribution in [3.8, 4) is 0 Å². The van der Waals surface area contributed by atoms with Crippen LogP contribution in [0.3, 0.4) is 0 Å². The molecule has 4 nitrogen and oxygen atoms in total. The van der Waals surface area contributed by atoms with E-state index in [-0.39, 0.29) is 17.9 Å². The summed E-state index contributed by atoms with van der Waals surface area (Å²) in [6.07, 6.45) is -0.895. The Bertz CT molecular complexity index is 632. The summed E-state index contributed by atoms with van der Waals surface area (Å²) >= 11 is 0. The van der Waals surface area contributed by atoms with Gasteiger partial charge in [-0.15, -0.1) is 0 Å². The molecule has 0 radical (unpaired) electrons. The minimum absolute atomic E-state index is 0.0193. The Labute approximate surface area is 120 Å². The summed E-state index contributed by atoms with van der Waals surface area (Å²) in [4.78, 5) is 11.5. The number of carbonyl (C=O) groups is 1. The molecule has 0 spiro atoms. The maximum absolute atomic E-state index is 13.6. The molecule has 0 atom stereocenters. The summed E-state index contributed by atoms with van der Waals surface area (Å²) < 4.78 is 31.9. The van der Waals surface area contributed by atoms with Crippen LogP contribution >= 0.6 is 0 Å². The van der Waals surface area contributed by atoms with Crippen LogP contribution < -0.4 is 5.32 Å². The number of anilines is 1. The molecule has 0 unspecified atom stereocenters. The normalized spacial score (nSPS) is 10.2. The molecule has 0 heterocycles. The summed E-state index contributed by atoms with van der Waals surface area (Å²) in [6.45, 7) is -0.604. The first kappa shape index (κ1) is 14.9. The predicted molar refractivity (Wildman–Crippen MR) is 72.5 cm³/mol. The van der Waals surface area contributed by atoms with Crippen LogP contribution in [0.4, 0.5) is 19.3 Å². The van der Waals surface area contributed by atoms with Crippen molar-refractivity contribution in [2.24, 2.45) is 0 Å². The molecule has 0 aromatic heterocycles. The molecule has 6 heteroatoms. The number of nitrogens with one attached hydrogen (secondary N) is 1. The summed E-state index contributed by atoms with van der Waals surface area (Å²) in [6, 6.07) is 10.6. The number of halogens is 2. The van der Waals surface area contributed by atoms with Gasteiger partial charge in [0.05, 0.1) is 12.3 Å². The second kappa shape index (κ2) is 6.81. The van der Waals surface area contributed by atoms with Crippen molar-refractivity contribution >= 4 is 11.8 Å². The Balaban J connectivity index is 1.98. The smallest absolute Gasteiger partial charge is 0.412 e. The van der Waals surface area contributed by atoms with E-state index in [1.807, 2.05) is 6.07 Å². The molecule has 2 aromatic carbocycles. The van der Waals surface area contributed by atoms with Gasteiger partial charge in [0, 0.05) is 11.6 Å². The van der Waals surface area contributed by atoms with Crippen LogP contribution in [0.2, 0.25) is 0 Å². The molecule has 0 aliphatic rings. The molecule has 110 valence electrons. The second-order valence-electron chi connectivity index (χ2n) is 4.27. The Hall–Kier alpha value is -2.47. The lowest BCUT2D eigenvalue weighted by Gasteiger charge is -2.09. The number of carbonyl (C=O) groups excluding carboxylic acids is 1.